The Morgan fingerprint density at radius 2 is 2.08 bits per heavy atom. The van der Waals surface area contributed by atoms with Crippen molar-refractivity contribution in [1.82, 2.24) is 10.3 Å². The minimum atomic E-state index is -4.50. The van der Waals surface area contributed by atoms with Gasteiger partial charge in [0.25, 0.3) is 5.91 Å². The van der Waals surface area contributed by atoms with E-state index in [0.29, 0.717) is 17.3 Å². The number of rotatable bonds is 4. The zero-order valence-electron chi connectivity index (χ0n) is 12.9. The van der Waals surface area contributed by atoms with Crippen LogP contribution < -0.4 is 5.32 Å². The average Bonchev–Trinajstić information content (AvgIpc) is 2.96. The van der Waals surface area contributed by atoms with E-state index in [1.54, 1.807) is 6.08 Å². The fourth-order valence-electron chi connectivity index (χ4n) is 2.39. The number of allylic oxidation sites excluding steroid dienone is 1. The van der Waals surface area contributed by atoms with E-state index in [0.717, 1.165) is 12.1 Å². The molecule has 1 aromatic carbocycles. The molecule has 0 saturated carbocycles. The summed E-state index contributed by atoms with van der Waals surface area (Å²) in [5.41, 5.74) is -0.370. The zero-order chi connectivity index (χ0) is 18.0. The Labute approximate surface area is 140 Å². The van der Waals surface area contributed by atoms with Gasteiger partial charge in [0.2, 0.25) is 0 Å². The Morgan fingerprint density at radius 3 is 2.84 bits per heavy atom. The van der Waals surface area contributed by atoms with Gasteiger partial charge in [-0.25, -0.2) is 4.98 Å². The van der Waals surface area contributed by atoms with Crippen LogP contribution in [0, 0.1) is 0 Å². The molecule has 1 N–H and O–H groups in total. The number of carbonyl (C=O) groups excluding carboxylic acids is 2. The number of halogens is 3. The molecule has 0 spiro atoms. The zero-order valence-corrected chi connectivity index (χ0v) is 12.9. The number of alkyl halides is 3. The lowest BCUT2D eigenvalue weighted by Crippen LogP contribution is -2.26. The van der Waals surface area contributed by atoms with Crippen LogP contribution in [0.25, 0.3) is 6.08 Å². The van der Waals surface area contributed by atoms with Crippen LogP contribution in [0.5, 0.6) is 0 Å². The maximum absolute atomic E-state index is 12.7. The highest BCUT2D eigenvalue weighted by atomic mass is 19.4. The third kappa shape index (κ3) is 3.96. The summed E-state index contributed by atoms with van der Waals surface area (Å²) in [6.07, 6.45) is -1.10. The van der Waals surface area contributed by atoms with Gasteiger partial charge in [-0.05, 0) is 30.4 Å². The molecule has 0 fully saturated rings. The molecule has 1 aliphatic carbocycles. The normalized spacial score (nSPS) is 13.6. The number of fused-ring (bicyclic) bond motifs is 1. The Morgan fingerprint density at radius 1 is 1.28 bits per heavy atom. The summed E-state index contributed by atoms with van der Waals surface area (Å²) >= 11 is 0. The number of nitrogens with one attached hydrogen (secondary N) is 1. The number of oxazole rings is 1. The third-order valence-corrected chi connectivity index (χ3v) is 3.61. The van der Waals surface area contributed by atoms with Crippen molar-refractivity contribution in [2.75, 3.05) is 6.54 Å². The number of amides is 1. The van der Waals surface area contributed by atoms with Crippen LogP contribution in [-0.4, -0.2) is 23.2 Å². The predicted octanol–water partition coefficient (Wildman–Crippen LogP) is 2.80. The van der Waals surface area contributed by atoms with Crippen LogP contribution >= 0.6 is 0 Å². The Hall–Kier alpha value is -2.90. The number of hydrogen-bond acceptors (Lipinski definition) is 4. The van der Waals surface area contributed by atoms with E-state index in [1.165, 1.54) is 18.2 Å². The molecule has 1 amide bonds. The van der Waals surface area contributed by atoms with Gasteiger partial charge in [0.05, 0.1) is 12.0 Å². The molecule has 8 heteroatoms. The van der Waals surface area contributed by atoms with E-state index >= 15 is 0 Å². The summed E-state index contributed by atoms with van der Waals surface area (Å²) < 4.78 is 43.4. The van der Waals surface area contributed by atoms with Gasteiger partial charge >= 0.3 is 6.18 Å². The van der Waals surface area contributed by atoms with Gasteiger partial charge in [-0.15, -0.1) is 0 Å². The van der Waals surface area contributed by atoms with Crippen LogP contribution in [0.3, 0.4) is 0 Å². The fraction of sp³-hybridized carbons (Fsp3) is 0.235. The number of hydrogen-bond donors (Lipinski definition) is 1. The first-order valence-electron chi connectivity index (χ1n) is 7.48. The molecule has 5 nitrogen and oxygen atoms in total. The topological polar surface area (TPSA) is 72.2 Å². The van der Waals surface area contributed by atoms with Crippen molar-refractivity contribution in [1.29, 1.82) is 0 Å². The second-order valence-corrected chi connectivity index (χ2v) is 5.48. The number of aromatic nitrogens is 1. The van der Waals surface area contributed by atoms with Gasteiger partial charge in [0.15, 0.2) is 11.7 Å². The molecule has 0 atom stereocenters. The third-order valence-electron chi connectivity index (χ3n) is 3.61. The maximum Gasteiger partial charge on any atom is 0.416 e. The van der Waals surface area contributed by atoms with Gasteiger partial charge in [0, 0.05) is 18.5 Å². The molecule has 2 aromatic rings. The van der Waals surface area contributed by atoms with Crippen molar-refractivity contribution in [3.05, 3.63) is 58.8 Å². The predicted molar refractivity (Wildman–Crippen MR) is 81.7 cm³/mol. The molecule has 130 valence electrons. The largest absolute Gasteiger partial charge is 0.445 e. The van der Waals surface area contributed by atoms with Gasteiger partial charge in [-0.3, -0.25) is 9.59 Å². The summed E-state index contributed by atoms with van der Waals surface area (Å²) in [4.78, 5) is 27.4. The smallest absolute Gasteiger partial charge is 0.416 e. The quantitative estimate of drug-likeness (QED) is 0.920. The minimum Gasteiger partial charge on any atom is -0.445 e. The van der Waals surface area contributed by atoms with E-state index in [-0.39, 0.29) is 30.7 Å². The molecule has 0 aliphatic heterocycles. The molecule has 0 unspecified atom stereocenters. The average molecular weight is 350 g/mol. The Kier molecular flexibility index (Phi) is 4.43. The molecule has 25 heavy (non-hydrogen) atoms. The second kappa shape index (κ2) is 6.54. The molecule has 0 saturated heterocycles. The highest BCUT2D eigenvalue weighted by Crippen LogP contribution is 2.29. The Bertz CT molecular complexity index is 853. The van der Waals surface area contributed by atoms with Crippen molar-refractivity contribution in [3.8, 4) is 0 Å². The van der Waals surface area contributed by atoms with Gasteiger partial charge < -0.3 is 9.73 Å². The number of benzene rings is 1. The fourth-order valence-corrected chi connectivity index (χ4v) is 2.39. The van der Waals surface area contributed by atoms with Crippen molar-refractivity contribution >= 4 is 17.8 Å². The lowest BCUT2D eigenvalue weighted by Gasteiger charge is -2.08. The van der Waals surface area contributed by atoms with Crippen molar-refractivity contribution < 1.29 is 27.2 Å². The van der Waals surface area contributed by atoms with Gasteiger partial charge in [0.1, 0.15) is 11.5 Å². The van der Waals surface area contributed by atoms with Crippen molar-refractivity contribution in [3.63, 3.8) is 0 Å². The standard InChI is InChI=1S/C17H13F3N2O3/c18-17(19,20)11-3-1-2-10(8-11)16(24)21-7-6-15-22-13-5-4-12(23)9-14(13)25-15/h1-5,8H,6-7,9H2,(H,21,24). The molecule has 0 radical (unpaired) electrons. The van der Waals surface area contributed by atoms with Crippen molar-refractivity contribution in [2.45, 2.75) is 19.0 Å². The first-order chi connectivity index (χ1) is 11.8. The van der Waals surface area contributed by atoms with E-state index in [1.807, 2.05) is 0 Å². The summed E-state index contributed by atoms with van der Waals surface area (Å²) in [6, 6.07) is 4.20. The first kappa shape index (κ1) is 16.9. The van der Waals surface area contributed by atoms with Crippen molar-refractivity contribution in [2.24, 2.45) is 0 Å². The van der Waals surface area contributed by atoms with E-state index in [2.05, 4.69) is 10.3 Å². The Balaban J connectivity index is 1.58. The molecular weight excluding hydrogens is 337 g/mol. The lowest BCUT2D eigenvalue weighted by atomic mass is 10.1. The summed E-state index contributed by atoms with van der Waals surface area (Å²) in [7, 11) is 0. The molecule has 1 aromatic heterocycles. The van der Waals surface area contributed by atoms with Crippen LogP contribution in [0.1, 0.15) is 33.3 Å². The molecule has 3 rings (SSSR count). The summed E-state index contributed by atoms with van der Waals surface area (Å²) in [5.74, 6) is 0.144. The maximum atomic E-state index is 12.7. The minimum absolute atomic E-state index is 0.0740. The van der Waals surface area contributed by atoms with E-state index in [4.69, 9.17) is 4.42 Å². The summed E-state index contributed by atoms with van der Waals surface area (Å²) in [6.45, 7) is 0.145. The second-order valence-electron chi connectivity index (χ2n) is 5.48. The van der Waals surface area contributed by atoms with Crippen LogP contribution in [-0.2, 0) is 23.8 Å². The van der Waals surface area contributed by atoms with E-state index < -0.39 is 17.6 Å². The van der Waals surface area contributed by atoms with E-state index in [9.17, 15) is 22.8 Å². The molecule has 1 heterocycles. The SMILES string of the molecule is O=C1C=Cc2nc(CCNC(=O)c3cccc(C(F)(F)F)c3)oc2C1. The molecular formula is C17H13F3N2O3. The van der Waals surface area contributed by atoms with Crippen LogP contribution in [0.15, 0.2) is 34.8 Å². The summed E-state index contributed by atoms with van der Waals surface area (Å²) in [5, 5.41) is 2.52. The van der Waals surface area contributed by atoms with Crippen LogP contribution in [0.2, 0.25) is 0 Å². The highest BCUT2D eigenvalue weighted by Gasteiger charge is 2.30. The van der Waals surface area contributed by atoms with Gasteiger partial charge in [-0.1, -0.05) is 6.07 Å². The number of nitrogens with zero attached hydrogens (tertiary/aromatic N) is 1. The monoisotopic (exact) mass is 350 g/mol. The highest BCUT2D eigenvalue weighted by molar-refractivity contribution is 5.97. The lowest BCUT2D eigenvalue weighted by molar-refractivity contribution is -0.137. The molecule has 0 bridgehead atoms. The number of carbonyl (C=O) groups is 2. The first-order valence-corrected chi connectivity index (χ1v) is 7.48. The van der Waals surface area contributed by atoms with Crippen LogP contribution in [0.4, 0.5) is 13.2 Å². The molecule has 1 aliphatic rings. The number of ketones is 1. The van der Waals surface area contributed by atoms with Gasteiger partial charge in [-0.2, -0.15) is 13.2 Å².